The van der Waals surface area contributed by atoms with Crippen LogP contribution in [0.5, 0.6) is 34.5 Å². The van der Waals surface area contributed by atoms with E-state index in [9.17, 15) is 28.0 Å². The average Bonchev–Trinajstić information content (AvgIpc) is 3.28. The Morgan fingerprint density at radius 3 is 1.14 bits per heavy atom. The second kappa shape index (κ2) is 24.8. The van der Waals surface area contributed by atoms with Gasteiger partial charge in [0, 0.05) is 5.56 Å². The summed E-state index contributed by atoms with van der Waals surface area (Å²) in [6.45, 7) is 6.71. The molecule has 0 aliphatic rings. The van der Waals surface area contributed by atoms with Crippen molar-refractivity contribution < 1.29 is 56.4 Å². The van der Waals surface area contributed by atoms with Crippen molar-refractivity contribution in [1.29, 1.82) is 0 Å². The van der Waals surface area contributed by atoms with Crippen LogP contribution in [0.4, 0.5) is 8.78 Å². The van der Waals surface area contributed by atoms with E-state index in [0.717, 1.165) is 50.7 Å². The Kier molecular flexibility index (Phi) is 18.7. The lowest BCUT2D eigenvalue weighted by atomic mass is 10.1. The average molecular weight is 865 g/mol. The molecule has 0 atom stereocenters. The Labute approximate surface area is 367 Å². The molecular formula is C51H54F2O10. The number of esters is 4. The van der Waals surface area contributed by atoms with Crippen LogP contribution in [-0.2, 0) is 0 Å². The van der Waals surface area contributed by atoms with E-state index in [1.54, 1.807) is 13.0 Å². The molecule has 0 aromatic heterocycles. The molecule has 0 heterocycles. The third-order valence-electron chi connectivity index (χ3n) is 10.1. The largest absolute Gasteiger partial charge is 0.491 e. The van der Waals surface area contributed by atoms with Gasteiger partial charge in [0.25, 0.3) is 0 Å². The predicted molar refractivity (Wildman–Crippen MR) is 234 cm³/mol. The summed E-state index contributed by atoms with van der Waals surface area (Å²) in [4.78, 5) is 51.6. The van der Waals surface area contributed by atoms with Gasteiger partial charge in [0.2, 0.25) is 0 Å². The van der Waals surface area contributed by atoms with Gasteiger partial charge in [-0.1, -0.05) is 84.1 Å². The first-order valence-corrected chi connectivity index (χ1v) is 21.6. The number of hydrogen-bond acceptors (Lipinski definition) is 10. The zero-order valence-electron chi connectivity index (χ0n) is 36.1. The predicted octanol–water partition coefficient (Wildman–Crippen LogP) is 12.6. The monoisotopic (exact) mass is 864 g/mol. The van der Waals surface area contributed by atoms with Gasteiger partial charge >= 0.3 is 23.9 Å². The second-order valence-electron chi connectivity index (χ2n) is 15.0. The summed E-state index contributed by atoms with van der Waals surface area (Å²) in [7, 11) is 0. The Morgan fingerprint density at radius 2 is 0.762 bits per heavy atom. The maximum absolute atomic E-state index is 14.7. The van der Waals surface area contributed by atoms with Crippen molar-refractivity contribution in [3.8, 4) is 34.5 Å². The zero-order chi connectivity index (χ0) is 45.0. The molecule has 5 rings (SSSR count). The molecule has 63 heavy (non-hydrogen) atoms. The van der Waals surface area contributed by atoms with E-state index in [0.29, 0.717) is 18.8 Å². The second-order valence-corrected chi connectivity index (χ2v) is 15.0. The SMILES string of the molecule is CCCCCCCCOc1ccc(C(=O)Oc2ccc(C(=O)Oc3cccc(OC(=O)c4ccc(OC(=O)c5ccc(OCCCCCCCC)c(F)c5)cc4)c3C)cc2)cc1F. The highest BCUT2D eigenvalue weighted by Gasteiger charge is 2.19. The molecule has 0 fully saturated rings. The van der Waals surface area contributed by atoms with E-state index >= 15 is 0 Å². The van der Waals surface area contributed by atoms with Gasteiger partial charge < -0.3 is 28.4 Å². The first-order valence-electron chi connectivity index (χ1n) is 21.6. The molecule has 0 spiro atoms. The van der Waals surface area contributed by atoms with Crippen LogP contribution in [0, 0.1) is 18.6 Å². The lowest BCUT2D eigenvalue weighted by molar-refractivity contribution is 0.0721. The van der Waals surface area contributed by atoms with Crippen LogP contribution in [0.3, 0.4) is 0 Å². The fourth-order valence-corrected chi connectivity index (χ4v) is 6.40. The van der Waals surface area contributed by atoms with Crippen LogP contribution >= 0.6 is 0 Å². The van der Waals surface area contributed by atoms with Crippen LogP contribution in [0.2, 0.25) is 0 Å². The minimum Gasteiger partial charge on any atom is -0.491 e. The molecule has 0 saturated heterocycles. The standard InChI is InChI=1S/C51H54F2O10/c1-4-6-8-10-12-14-31-58-46-29-23-38(33-42(46)52)50(56)60-40-25-19-36(20-26-40)48(54)62-44-17-16-18-45(35(44)3)63-49(55)37-21-27-41(28-22-37)61-51(57)39-24-30-47(43(53)34-39)59-32-15-13-11-9-7-5-2/h16-30,33-34H,4-15,31-32H2,1-3H3. The van der Waals surface area contributed by atoms with Crippen molar-refractivity contribution >= 4 is 23.9 Å². The molecule has 0 aliphatic carbocycles. The number of benzene rings is 5. The molecule has 12 heteroatoms. The third kappa shape index (κ3) is 14.8. The Morgan fingerprint density at radius 1 is 0.413 bits per heavy atom. The summed E-state index contributed by atoms with van der Waals surface area (Å²) in [5, 5.41) is 0. The van der Waals surface area contributed by atoms with Crippen molar-refractivity contribution in [1.82, 2.24) is 0 Å². The van der Waals surface area contributed by atoms with Gasteiger partial charge in [0.15, 0.2) is 23.1 Å². The number of ether oxygens (including phenoxy) is 6. The van der Waals surface area contributed by atoms with Crippen molar-refractivity contribution in [2.24, 2.45) is 0 Å². The lowest BCUT2D eigenvalue weighted by Crippen LogP contribution is -2.13. The van der Waals surface area contributed by atoms with Crippen molar-refractivity contribution in [3.05, 3.63) is 143 Å². The molecule has 0 amide bonds. The Hall–Kier alpha value is -6.56. The van der Waals surface area contributed by atoms with Crippen molar-refractivity contribution in [3.63, 3.8) is 0 Å². The normalized spacial score (nSPS) is 10.8. The molecule has 0 bridgehead atoms. The first kappa shape index (κ1) is 47.5. The molecular weight excluding hydrogens is 811 g/mol. The molecule has 5 aromatic rings. The smallest absolute Gasteiger partial charge is 0.343 e. The molecule has 0 radical (unpaired) electrons. The molecule has 332 valence electrons. The van der Waals surface area contributed by atoms with Crippen LogP contribution in [-0.4, -0.2) is 37.1 Å². The highest BCUT2D eigenvalue weighted by Crippen LogP contribution is 2.30. The quantitative estimate of drug-likeness (QED) is 0.0336. The van der Waals surface area contributed by atoms with Crippen molar-refractivity contribution in [2.75, 3.05) is 13.2 Å². The topological polar surface area (TPSA) is 124 Å². The summed E-state index contributed by atoms with van der Waals surface area (Å²) in [5.74, 6) is -3.69. The Bertz CT molecular complexity index is 2130. The van der Waals surface area contributed by atoms with E-state index in [4.69, 9.17) is 28.4 Å². The maximum Gasteiger partial charge on any atom is 0.343 e. The number of carbonyl (C=O) groups is 4. The third-order valence-corrected chi connectivity index (χ3v) is 10.1. The minimum atomic E-state index is -0.785. The van der Waals surface area contributed by atoms with Gasteiger partial charge in [-0.15, -0.1) is 0 Å². The number of halogens is 2. The first-order chi connectivity index (χ1) is 30.6. The Balaban J connectivity index is 1.08. The van der Waals surface area contributed by atoms with Gasteiger partial charge in [0.05, 0.1) is 35.5 Å². The summed E-state index contributed by atoms with van der Waals surface area (Å²) in [6, 6.07) is 23.7. The molecule has 5 aromatic carbocycles. The van der Waals surface area contributed by atoms with Gasteiger partial charge in [-0.25, -0.2) is 28.0 Å². The summed E-state index contributed by atoms with van der Waals surface area (Å²) < 4.78 is 62.4. The molecule has 0 unspecified atom stereocenters. The van der Waals surface area contributed by atoms with Gasteiger partial charge in [-0.2, -0.15) is 0 Å². The summed E-state index contributed by atoms with van der Waals surface area (Å²) >= 11 is 0. The summed E-state index contributed by atoms with van der Waals surface area (Å²) in [5.41, 5.74) is 0.651. The zero-order valence-corrected chi connectivity index (χ0v) is 36.1. The van der Waals surface area contributed by atoms with Crippen LogP contribution < -0.4 is 28.4 Å². The van der Waals surface area contributed by atoms with Crippen LogP contribution in [0.15, 0.2) is 103 Å². The number of hydrogen-bond donors (Lipinski definition) is 0. The van der Waals surface area contributed by atoms with Crippen molar-refractivity contribution in [2.45, 2.75) is 97.8 Å². The van der Waals surface area contributed by atoms with Crippen LogP contribution in [0.25, 0.3) is 0 Å². The van der Waals surface area contributed by atoms with E-state index in [2.05, 4.69) is 13.8 Å². The molecule has 0 saturated carbocycles. The van der Waals surface area contributed by atoms with Gasteiger partial charge in [-0.05, 0) is 117 Å². The highest BCUT2D eigenvalue weighted by molar-refractivity contribution is 5.94. The molecule has 10 nitrogen and oxygen atoms in total. The number of carbonyl (C=O) groups excluding carboxylic acids is 4. The van der Waals surface area contributed by atoms with E-state index < -0.39 is 35.5 Å². The number of rotatable bonds is 24. The lowest BCUT2D eigenvalue weighted by Gasteiger charge is -2.12. The van der Waals surface area contributed by atoms with E-state index in [-0.39, 0.29) is 56.8 Å². The van der Waals surface area contributed by atoms with Gasteiger partial charge in [-0.3, -0.25) is 0 Å². The van der Waals surface area contributed by atoms with Crippen LogP contribution in [0.1, 0.15) is 138 Å². The fourth-order valence-electron chi connectivity index (χ4n) is 6.40. The highest BCUT2D eigenvalue weighted by atomic mass is 19.1. The van der Waals surface area contributed by atoms with Gasteiger partial charge in [0.1, 0.15) is 23.0 Å². The maximum atomic E-state index is 14.7. The molecule has 0 aliphatic heterocycles. The van der Waals surface area contributed by atoms with E-state index in [1.165, 1.54) is 123 Å². The fraction of sp³-hybridized carbons (Fsp3) is 0.333. The number of unbranched alkanes of at least 4 members (excludes halogenated alkanes) is 10. The minimum absolute atomic E-state index is 0.00207. The van der Waals surface area contributed by atoms with E-state index in [1.807, 2.05) is 0 Å². The molecule has 0 N–H and O–H groups in total. The summed E-state index contributed by atoms with van der Waals surface area (Å²) in [6.07, 6.45) is 13.0.